The average molecular weight is 320 g/mol. The van der Waals surface area contributed by atoms with Crippen molar-refractivity contribution < 1.29 is 14.3 Å². The summed E-state index contributed by atoms with van der Waals surface area (Å²) in [5.74, 6) is -0.984. The van der Waals surface area contributed by atoms with E-state index < -0.39 is 11.5 Å². The first-order valence-electron chi connectivity index (χ1n) is 7.96. The Labute approximate surface area is 138 Å². The van der Waals surface area contributed by atoms with E-state index in [4.69, 9.17) is 10.5 Å². The summed E-state index contributed by atoms with van der Waals surface area (Å²) in [6.07, 6.45) is 0.762. The second-order valence-corrected chi connectivity index (χ2v) is 6.89. The van der Waals surface area contributed by atoms with Crippen molar-refractivity contribution in [2.24, 2.45) is 11.7 Å². The Morgan fingerprint density at radius 2 is 1.83 bits per heavy atom. The summed E-state index contributed by atoms with van der Waals surface area (Å²) in [5, 5.41) is 2.80. The van der Waals surface area contributed by atoms with Crippen LogP contribution in [-0.2, 0) is 20.7 Å². The number of carbonyl (C=O) groups is 2. The lowest BCUT2D eigenvalue weighted by Gasteiger charge is -2.21. The Morgan fingerprint density at radius 1 is 1.22 bits per heavy atom. The molecule has 1 amide bonds. The number of nitrogens with two attached hydrogens (primary N) is 1. The zero-order valence-corrected chi connectivity index (χ0v) is 14.5. The van der Waals surface area contributed by atoms with E-state index in [2.05, 4.69) is 5.32 Å². The van der Waals surface area contributed by atoms with Gasteiger partial charge in [-0.2, -0.15) is 0 Å². The van der Waals surface area contributed by atoms with Crippen LogP contribution in [0.3, 0.4) is 0 Å². The molecule has 0 bridgehead atoms. The Morgan fingerprint density at radius 3 is 2.39 bits per heavy atom. The van der Waals surface area contributed by atoms with Crippen molar-refractivity contribution in [1.82, 2.24) is 5.32 Å². The molecule has 0 saturated carbocycles. The maximum absolute atomic E-state index is 12.0. The van der Waals surface area contributed by atoms with Crippen molar-refractivity contribution >= 4 is 11.9 Å². The molecule has 0 unspecified atom stereocenters. The van der Waals surface area contributed by atoms with Gasteiger partial charge >= 0.3 is 5.97 Å². The van der Waals surface area contributed by atoms with Crippen molar-refractivity contribution in [2.45, 2.75) is 52.2 Å². The van der Waals surface area contributed by atoms with Gasteiger partial charge in [-0.05, 0) is 32.8 Å². The van der Waals surface area contributed by atoms with Gasteiger partial charge in [-0.15, -0.1) is 0 Å². The van der Waals surface area contributed by atoms with Gasteiger partial charge in [0.15, 0.2) is 0 Å². The van der Waals surface area contributed by atoms with Crippen LogP contribution in [0.1, 0.15) is 39.7 Å². The summed E-state index contributed by atoms with van der Waals surface area (Å²) in [5.41, 5.74) is 6.63. The molecule has 0 spiro atoms. The number of nitrogens with one attached hydrogen (secondary N) is 1. The summed E-state index contributed by atoms with van der Waals surface area (Å²) in [4.78, 5) is 23.8. The molecule has 5 nitrogen and oxygen atoms in total. The first kappa shape index (κ1) is 19.2. The van der Waals surface area contributed by atoms with Crippen molar-refractivity contribution in [2.75, 3.05) is 6.54 Å². The van der Waals surface area contributed by atoms with Gasteiger partial charge in [-0.1, -0.05) is 37.3 Å². The predicted octanol–water partition coefficient (Wildman–Crippen LogP) is 2.04. The van der Waals surface area contributed by atoms with E-state index in [1.54, 1.807) is 27.7 Å². The smallest absolute Gasteiger partial charge is 0.307 e. The Kier molecular flexibility index (Phi) is 7.23. The summed E-state index contributed by atoms with van der Waals surface area (Å²) in [6.45, 7) is 7.50. The number of hydrogen-bond donors (Lipinski definition) is 2. The van der Waals surface area contributed by atoms with Crippen molar-refractivity contribution in [3.8, 4) is 0 Å². The summed E-state index contributed by atoms with van der Waals surface area (Å²) in [7, 11) is 0. The quantitative estimate of drug-likeness (QED) is 0.753. The fourth-order valence-electron chi connectivity index (χ4n) is 2.12. The van der Waals surface area contributed by atoms with Crippen LogP contribution in [-0.4, -0.2) is 30.1 Å². The third kappa shape index (κ3) is 8.35. The highest BCUT2D eigenvalue weighted by atomic mass is 16.6. The highest BCUT2D eigenvalue weighted by Crippen LogP contribution is 2.12. The van der Waals surface area contributed by atoms with E-state index in [1.165, 1.54) is 0 Å². The maximum atomic E-state index is 12.0. The van der Waals surface area contributed by atoms with Crippen LogP contribution in [0.5, 0.6) is 0 Å². The highest BCUT2D eigenvalue weighted by Gasteiger charge is 2.22. The lowest BCUT2D eigenvalue weighted by atomic mass is 10.0. The lowest BCUT2D eigenvalue weighted by Crippen LogP contribution is -2.41. The minimum atomic E-state index is -0.536. The van der Waals surface area contributed by atoms with Crippen molar-refractivity contribution in [3.05, 3.63) is 35.9 Å². The molecule has 1 aromatic rings. The van der Waals surface area contributed by atoms with Gasteiger partial charge in [0.1, 0.15) is 5.60 Å². The second kappa shape index (κ2) is 8.67. The van der Waals surface area contributed by atoms with Crippen LogP contribution in [0, 0.1) is 5.92 Å². The molecule has 0 fully saturated rings. The van der Waals surface area contributed by atoms with Crippen LogP contribution in [0.25, 0.3) is 0 Å². The van der Waals surface area contributed by atoms with Crippen molar-refractivity contribution in [1.29, 1.82) is 0 Å². The molecule has 5 heteroatoms. The predicted molar refractivity (Wildman–Crippen MR) is 90.8 cm³/mol. The summed E-state index contributed by atoms with van der Waals surface area (Å²) < 4.78 is 5.22. The van der Waals surface area contributed by atoms with Gasteiger partial charge in [0.25, 0.3) is 0 Å². The van der Waals surface area contributed by atoms with E-state index in [1.807, 2.05) is 30.3 Å². The first-order chi connectivity index (χ1) is 10.7. The third-order valence-corrected chi connectivity index (χ3v) is 3.22. The van der Waals surface area contributed by atoms with Crippen LogP contribution < -0.4 is 11.1 Å². The van der Waals surface area contributed by atoms with Crippen molar-refractivity contribution in [3.63, 3.8) is 0 Å². The van der Waals surface area contributed by atoms with E-state index in [-0.39, 0.29) is 24.3 Å². The van der Waals surface area contributed by atoms with Crippen LogP contribution in [0.4, 0.5) is 0 Å². The first-order valence-corrected chi connectivity index (χ1v) is 7.96. The van der Waals surface area contributed by atoms with E-state index in [9.17, 15) is 9.59 Å². The molecule has 0 aliphatic carbocycles. The van der Waals surface area contributed by atoms with Crippen LogP contribution in [0.2, 0.25) is 0 Å². The molecule has 0 saturated heterocycles. The lowest BCUT2D eigenvalue weighted by molar-refractivity contribution is -0.157. The number of esters is 1. The number of amides is 1. The molecule has 1 rings (SSSR count). The van der Waals surface area contributed by atoms with E-state index in [0.29, 0.717) is 13.0 Å². The van der Waals surface area contributed by atoms with Gasteiger partial charge < -0.3 is 15.8 Å². The van der Waals surface area contributed by atoms with Gasteiger partial charge in [0, 0.05) is 18.5 Å². The van der Waals surface area contributed by atoms with E-state index >= 15 is 0 Å². The van der Waals surface area contributed by atoms with E-state index in [0.717, 1.165) is 5.56 Å². The Balaban J connectivity index is 2.33. The van der Waals surface area contributed by atoms with Crippen LogP contribution >= 0.6 is 0 Å². The van der Waals surface area contributed by atoms with Gasteiger partial charge in [0.2, 0.25) is 5.91 Å². The minimum absolute atomic E-state index is 0.0665. The molecule has 0 aliphatic heterocycles. The summed E-state index contributed by atoms with van der Waals surface area (Å²) in [6, 6.07) is 9.73. The number of ether oxygens (including phenoxy) is 1. The number of carbonyl (C=O) groups excluding carboxylic acids is 2. The van der Waals surface area contributed by atoms with Gasteiger partial charge in [-0.3, -0.25) is 9.59 Å². The molecule has 128 valence electrons. The second-order valence-electron chi connectivity index (χ2n) is 6.89. The molecule has 23 heavy (non-hydrogen) atoms. The highest BCUT2D eigenvalue weighted by molar-refractivity contribution is 5.83. The molecular weight excluding hydrogens is 292 g/mol. The maximum Gasteiger partial charge on any atom is 0.307 e. The molecule has 0 heterocycles. The summed E-state index contributed by atoms with van der Waals surface area (Å²) >= 11 is 0. The van der Waals surface area contributed by atoms with Gasteiger partial charge in [-0.25, -0.2) is 0 Å². The molecule has 0 radical (unpaired) electrons. The largest absolute Gasteiger partial charge is 0.460 e. The monoisotopic (exact) mass is 320 g/mol. The SMILES string of the molecule is C[C@@H](CC(=O)OC(C)(C)C)C(=O)NC[C@@H](N)Cc1ccccc1. The third-order valence-electron chi connectivity index (χ3n) is 3.22. The number of rotatable bonds is 7. The normalized spacial score (nSPS) is 14.0. The number of benzene rings is 1. The number of hydrogen-bond acceptors (Lipinski definition) is 4. The fourth-order valence-corrected chi connectivity index (χ4v) is 2.12. The Hall–Kier alpha value is -1.88. The fraction of sp³-hybridized carbons (Fsp3) is 0.556. The topological polar surface area (TPSA) is 81.4 Å². The molecular formula is C18H28N2O3. The molecule has 3 N–H and O–H groups in total. The Bertz CT molecular complexity index is 509. The van der Waals surface area contributed by atoms with Crippen LogP contribution in [0.15, 0.2) is 30.3 Å². The average Bonchev–Trinajstić information content (AvgIpc) is 2.43. The zero-order valence-electron chi connectivity index (χ0n) is 14.5. The minimum Gasteiger partial charge on any atom is -0.460 e. The molecule has 1 aromatic carbocycles. The molecule has 0 aromatic heterocycles. The molecule has 2 atom stereocenters. The standard InChI is InChI=1S/C18H28N2O3/c1-13(10-16(21)23-18(2,3)4)17(22)20-12-15(19)11-14-8-6-5-7-9-14/h5-9,13,15H,10-12,19H2,1-4H3,(H,20,22)/t13-,15-/m0/s1. The molecule has 0 aliphatic rings. The van der Waals surface area contributed by atoms with Gasteiger partial charge in [0.05, 0.1) is 6.42 Å². The zero-order chi connectivity index (χ0) is 17.5.